The molecule has 0 aromatic carbocycles. The van der Waals surface area contributed by atoms with Gasteiger partial charge in [0.2, 0.25) is 5.91 Å². The molecule has 0 radical (unpaired) electrons. The Morgan fingerprint density at radius 2 is 1.87 bits per heavy atom. The molecule has 0 aliphatic carbocycles. The van der Waals surface area contributed by atoms with Crippen LogP contribution in [0.3, 0.4) is 0 Å². The van der Waals surface area contributed by atoms with E-state index in [-0.39, 0.29) is 12.5 Å². The van der Waals surface area contributed by atoms with Crippen molar-refractivity contribution in [2.75, 3.05) is 19.4 Å². The van der Waals surface area contributed by atoms with Gasteiger partial charge in [-0.3, -0.25) is 4.79 Å². The van der Waals surface area contributed by atoms with Crippen LogP contribution in [0.5, 0.6) is 0 Å². The van der Waals surface area contributed by atoms with Gasteiger partial charge in [0, 0.05) is 12.5 Å². The van der Waals surface area contributed by atoms with Crippen molar-refractivity contribution >= 4 is 29.3 Å². The highest BCUT2D eigenvalue weighted by Gasteiger charge is 2.50. The van der Waals surface area contributed by atoms with Crippen molar-refractivity contribution < 1.29 is 39.8 Å². The van der Waals surface area contributed by atoms with Crippen LogP contribution >= 0.6 is 23.4 Å². The van der Waals surface area contributed by atoms with Gasteiger partial charge in [0.05, 0.1) is 30.2 Å². The summed E-state index contributed by atoms with van der Waals surface area (Å²) in [7, 11) is 0. The minimum atomic E-state index is -1.45. The highest BCUT2D eigenvalue weighted by Crippen LogP contribution is 2.31. The second-order valence-corrected chi connectivity index (χ2v) is 9.83. The first-order valence-electron chi connectivity index (χ1n) is 10.0. The Kier molecular flexibility index (Phi) is 8.27. The molecule has 12 atom stereocenters. The van der Waals surface area contributed by atoms with E-state index in [4.69, 9.17) is 21.1 Å². The van der Waals surface area contributed by atoms with Gasteiger partial charge < -0.3 is 45.6 Å². The molecule has 7 N–H and O–H groups in total. The topological polar surface area (TPSA) is 161 Å². The lowest BCUT2D eigenvalue weighted by Crippen LogP contribution is -2.65. The minimum absolute atomic E-state index is 0.0763. The molecule has 30 heavy (non-hydrogen) atoms. The molecule has 1 amide bonds. The second-order valence-electron chi connectivity index (χ2n) is 8.20. The van der Waals surface area contributed by atoms with Crippen LogP contribution in [0.15, 0.2) is 0 Å². The average molecular weight is 471 g/mol. The predicted octanol–water partition coefficient (Wildman–Crippen LogP) is -2.63. The third-order valence-electron chi connectivity index (χ3n) is 6.12. The van der Waals surface area contributed by atoms with Crippen LogP contribution in [-0.2, 0) is 14.3 Å². The van der Waals surface area contributed by atoms with E-state index in [2.05, 4.69) is 10.6 Å². The molecule has 3 aliphatic rings. The molecule has 2 unspecified atom stereocenters. The number of aliphatic hydroxyl groups is 5. The molecule has 0 saturated carbocycles. The third-order valence-corrected chi connectivity index (χ3v) is 7.25. The van der Waals surface area contributed by atoms with Gasteiger partial charge in [-0.25, -0.2) is 0 Å². The molecule has 0 aromatic rings. The lowest BCUT2D eigenvalue weighted by molar-refractivity contribution is -0.205. The standard InChI is InChI=1S/C18H31ClN2O8S/c1-6(19)10(16-13(25)12(24)14(26)18(29-16)30-2)21-17(27)11-15-7(4-20-11)3-8(22)9(23)5-28-15/h6-16,18,20,22-26H,3-5H2,1-2H3,(H,21,27)/t6-,7-,8+,9-,10+,11-,12+,13?,14+,15+,16+,18?/m0/s1. The Labute approximate surface area is 184 Å². The van der Waals surface area contributed by atoms with Crippen molar-refractivity contribution in [1.29, 1.82) is 0 Å². The SMILES string of the molecule is CSC1O[C@H]([C@H](NC(=O)[C@H]2NC[C@@H]3C[C@@H](O)[C@@H](O)CO[C@H]32)[C@H](C)Cl)C(O)[C@@H](O)[C@H]1O. The number of hydrogen-bond acceptors (Lipinski definition) is 10. The predicted molar refractivity (Wildman–Crippen MR) is 109 cm³/mol. The van der Waals surface area contributed by atoms with Gasteiger partial charge in [0.1, 0.15) is 42.0 Å². The van der Waals surface area contributed by atoms with Crippen molar-refractivity contribution in [2.24, 2.45) is 5.92 Å². The van der Waals surface area contributed by atoms with Crippen LogP contribution in [0.2, 0.25) is 0 Å². The summed E-state index contributed by atoms with van der Waals surface area (Å²) in [4.78, 5) is 13.0. The minimum Gasteiger partial charge on any atom is -0.390 e. The lowest BCUT2D eigenvalue weighted by Gasteiger charge is -2.44. The van der Waals surface area contributed by atoms with Crippen molar-refractivity contribution in [2.45, 2.75) is 79.0 Å². The Hall–Kier alpha value is -0.210. The maximum atomic E-state index is 13.0. The zero-order valence-electron chi connectivity index (χ0n) is 16.8. The summed E-state index contributed by atoms with van der Waals surface area (Å²) in [5.41, 5.74) is -0.787. The molecule has 0 aromatic heterocycles. The molecule has 3 aliphatic heterocycles. The van der Waals surface area contributed by atoms with Crippen molar-refractivity contribution in [3.63, 3.8) is 0 Å². The summed E-state index contributed by atoms with van der Waals surface area (Å²) < 4.78 is 11.5. The molecule has 3 rings (SSSR count). The van der Waals surface area contributed by atoms with E-state index < -0.39 is 71.5 Å². The number of rotatable bonds is 5. The quantitative estimate of drug-likeness (QED) is 0.212. The fourth-order valence-electron chi connectivity index (χ4n) is 4.34. The number of carbonyl (C=O) groups is 1. The molecule has 10 nitrogen and oxygen atoms in total. The summed E-state index contributed by atoms with van der Waals surface area (Å²) in [6, 6.07) is -1.59. The summed E-state index contributed by atoms with van der Waals surface area (Å²) in [5.74, 6) is -0.572. The average Bonchev–Trinajstić information content (AvgIpc) is 3.05. The van der Waals surface area contributed by atoms with E-state index in [1.54, 1.807) is 13.2 Å². The number of aliphatic hydroxyl groups excluding tert-OH is 5. The maximum absolute atomic E-state index is 13.0. The molecule has 12 heteroatoms. The molecule has 174 valence electrons. The smallest absolute Gasteiger partial charge is 0.240 e. The number of ether oxygens (including phenoxy) is 2. The largest absolute Gasteiger partial charge is 0.390 e. The number of halogens is 1. The zero-order valence-corrected chi connectivity index (χ0v) is 18.4. The Morgan fingerprint density at radius 1 is 1.17 bits per heavy atom. The van der Waals surface area contributed by atoms with E-state index in [0.29, 0.717) is 13.0 Å². The Morgan fingerprint density at radius 3 is 2.50 bits per heavy atom. The van der Waals surface area contributed by atoms with Crippen LogP contribution in [0.1, 0.15) is 13.3 Å². The summed E-state index contributed by atoms with van der Waals surface area (Å²) in [6.45, 7) is 2.00. The number of carbonyl (C=O) groups excluding carboxylic acids is 1. The first kappa shape index (κ1) is 24.4. The first-order chi connectivity index (χ1) is 14.1. The van der Waals surface area contributed by atoms with Gasteiger partial charge in [0.25, 0.3) is 0 Å². The molecule has 3 saturated heterocycles. The molecular weight excluding hydrogens is 440 g/mol. The van der Waals surface area contributed by atoms with E-state index >= 15 is 0 Å². The van der Waals surface area contributed by atoms with Crippen molar-refractivity contribution in [1.82, 2.24) is 10.6 Å². The zero-order chi connectivity index (χ0) is 22.2. The van der Waals surface area contributed by atoms with Gasteiger partial charge in [-0.05, 0) is 19.6 Å². The van der Waals surface area contributed by atoms with Crippen molar-refractivity contribution in [3.05, 3.63) is 0 Å². The van der Waals surface area contributed by atoms with Gasteiger partial charge in [-0.2, -0.15) is 0 Å². The number of nitrogens with one attached hydrogen (secondary N) is 2. The van der Waals surface area contributed by atoms with E-state index in [0.717, 1.165) is 0 Å². The van der Waals surface area contributed by atoms with Crippen LogP contribution < -0.4 is 10.6 Å². The Balaban J connectivity index is 1.71. The number of amides is 1. The van der Waals surface area contributed by atoms with E-state index in [1.165, 1.54) is 11.8 Å². The molecule has 3 fully saturated rings. The third kappa shape index (κ3) is 4.90. The van der Waals surface area contributed by atoms with E-state index in [1.807, 2.05) is 0 Å². The summed E-state index contributed by atoms with van der Waals surface area (Å²) in [6.07, 6.45) is -5.65. The fourth-order valence-corrected chi connectivity index (χ4v) is 5.23. The van der Waals surface area contributed by atoms with Crippen LogP contribution in [-0.4, -0.2) is 116 Å². The van der Waals surface area contributed by atoms with Gasteiger partial charge in [-0.1, -0.05) is 0 Å². The van der Waals surface area contributed by atoms with E-state index in [9.17, 15) is 30.3 Å². The van der Waals surface area contributed by atoms with Crippen LogP contribution in [0, 0.1) is 5.92 Å². The van der Waals surface area contributed by atoms with Crippen molar-refractivity contribution in [3.8, 4) is 0 Å². The molecule has 3 heterocycles. The second kappa shape index (κ2) is 10.2. The Bertz CT molecular complexity index is 603. The van der Waals surface area contributed by atoms with Gasteiger partial charge in [0.15, 0.2) is 0 Å². The number of thioether (sulfide) groups is 1. The fraction of sp³-hybridized carbons (Fsp3) is 0.944. The molecule has 0 bridgehead atoms. The maximum Gasteiger partial charge on any atom is 0.240 e. The highest BCUT2D eigenvalue weighted by molar-refractivity contribution is 7.99. The normalized spacial score (nSPS) is 46.5. The number of hydrogen-bond donors (Lipinski definition) is 7. The van der Waals surface area contributed by atoms with Gasteiger partial charge in [-0.15, -0.1) is 23.4 Å². The number of alkyl halides is 1. The molecular formula is C18H31ClN2O8S. The summed E-state index contributed by atoms with van der Waals surface area (Å²) >= 11 is 7.47. The number of fused-ring (bicyclic) bond motifs is 1. The summed E-state index contributed by atoms with van der Waals surface area (Å²) in [5, 5.41) is 55.7. The highest BCUT2D eigenvalue weighted by atomic mass is 35.5. The monoisotopic (exact) mass is 470 g/mol. The first-order valence-corrected chi connectivity index (χ1v) is 11.8. The molecule has 0 spiro atoms. The van der Waals surface area contributed by atoms with Crippen LogP contribution in [0.4, 0.5) is 0 Å². The van der Waals surface area contributed by atoms with Crippen LogP contribution in [0.25, 0.3) is 0 Å². The lowest BCUT2D eigenvalue weighted by atomic mass is 9.92. The van der Waals surface area contributed by atoms with Gasteiger partial charge >= 0.3 is 0 Å².